The van der Waals surface area contributed by atoms with Crippen LogP contribution in [0.4, 0.5) is 5.69 Å². The monoisotopic (exact) mass is 302 g/mol. The van der Waals surface area contributed by atoms with Crippen LogP contribution < -0.4 is 4.72 Å². The van der Waals surface area contributed by atoms with Crippen molar-refractivity contribution in [3.63, 3.8) is 0 Å². The summed E-state index contributed by atoms with van der Waals surface area (Å²) in [5.74, 6) is 5.31. The van der Waals surface area contributed by atoms with E-state index in [-0.39, 0.29) is 11.6 Å². The van der Waals surface area contributed by atoms with E-state index in [1.807, 2.05) is 0 Å². The number of nitrogens with one attached hydrogen (secondary N) is 1. The number of hydrogen-bond donors (Lipinski definition) is 1. The zero-order chi connectivity index (χ0) is 14.5. The largest absolute Gasteiger partial charge is 0.290 e. The van der Waals surface area contributed by atoms with Crippen molar-refractivity contribution in [3.8, 4) is 11.8 Å². The van der Waals surface area contributed by atoms with Crippen molar-refractivity contribution in [1.82, 2.24) is 4.72 Å². The zero-order valence-corrected chi connectivity index (χ0v) is 11.6. The van der Waals surface area contributed by atoms with Gasteiger partial charge in [-0.05, 0) is 19.1 Å². The van der Waals surface area contributed by atoms with Crippen LogP contribution in [0.1, 0.15) is 13.3 Å². The lowest BCUT2D eigenvalue weighted by molar-refractivity contribution is -0.387. The molecule has 1 rings (SSSR count). The third-order valence-corrected chi connectivity index (χ3v) is 3.87. The van der Waals surface area contributed by atoms with Gasteiger partial charge in [-0.2, -0.15) is 0 Å². The molecular weight excluding hydrogens is 292 g/mol. The van der Waals surface area contributed by atoms with E-state index in [0.717, 1.165) is 12.1 Å². The summed E-state index contributed by atoms with van der Waals surface area (Å²) in [6.07, 6.45) is 0.330. The fourth-order valence-corrected chi connectivity index (χ4v) is 2.66. The first-order valence-corrected chi connectivity index (χ1v) is 7.08. The van der Waals surface area contributed by atoms with Crippen molar-refractivity contribution in [2.24, 2.45) is 0 Å². The van der Waals surface area contributed by atoms with Gasteiger partial charge >= 0.3 is 0 Å². The molecule has 0 saturated heterocycles. The van der Waals surface area contributed by atoms with Crippen molar-refractivity contribution in [3.05, 3.63) is 33.3 Å². The lowest BCUT2D eigenvalue weighted by atomic mass is 10.3. The number of halogens is 1. The molecule has 102 valence electrons. The zero-order valence-electron chi connectivity index (χ0n) is 10.0. The molecule has 0 aliphatic rings. The van der Waals surface area contributed by atoms with Gasteiger partial charge in [-0.25, -0.2) is 13.1 Å². The molecule has 0 bridgehead atoms. The molecule has 1 N–H and O–H groups in total. The molecule has 1 aromatic rings. The van der Waals surface area contributed by atoms with Gasteiger partial charge in [-0.3, -0.25) is 10.1 Å². The summed E-state index contributed by atoms with van der Waals surface area (Å²) >= 11 is 5.62. The Morgan fingerprint density at radius 1 is 1.47 bits per heavy atom. The molecule has 0 aliphatic carbocycles. The molecule has 6 nitrogen and oxygen atoms in total. The summed E-state index contributed by atoms with van der Waals surface area (Å²) in [4.78, 5) is 9.63. The number of nitro groups is 1. The second-order valence-electron chi connectivity index (χ2n) is 3.44. The molecule has 0 radical (unpaired) electrons. The average Bonchev–Trinajstić information content (AvgIpc) is 2.34. The normalized spacial score (nSPS) is 10.6. The number of hydrogen-bond acceptors (Lipinski definition) is 4. The molecule has 1 aromatic carbocycles. The van der Waals surface area contributed by atoms with E-state index in [1.165, 1.54) is 6.07 Å². The Kier molecular flexibility index (Phi) is 5.30. The number of rotatable bonds is 5. The standard InChI is InChI=1S/C11H11ClN2O4S/c1-2-3-4-7-13-19(17,18)11-6-5-9(12)8-10(11)14(15)16/h5-6,8,13H,4,7H2,1H3. The average molecular weight is 303 g/mol. The van der Waals surface area contributed by atoms with E-state index in [9.17, 15) is 18.5 Å². The predicted molar refractivity (Wildman–Crippen MR) is 71.4 cm³/mol. The van der Waals surface area contributed by atoms with Gasteiger partial charge in [0.1, 0.15) is 0 Å². The van der Waals surface area contributed by atoms with Gasteiger partial charge in [0.05, 0.1) is 4.92 Å². The van der Waals surface area contributed by atoms with Crippen molar-refractivity contribution in [2.45, 2.75) is 18.2 Å². The summed E-state index contributed by atoms with van der Waals surface area (Å²) in [7, 11) is -3.95. The third-order valence-electron chi connectivity index (χ3n) is 2.13. The highest BCUT2D eigenvalue weighted by Crippen LogP contribution is 2.26. The Balaban J connectivity index is 3.06. The van der Waals surface area contributed by atoms with Gasteiger partial charge in [0.15, 0.2) is 4.90 Å². The number of nitro benzene ring substituents is 1. The Hall–Kier alpha value is -1.62. The van der Waals surface area contributed by atoms with Crippen LogP contribution in [0.5, 0.6) is 0 Å². The molecule has 0 aliphatic heterocycles. The molecule has 0 amide bonds. The quantitative estimate of drug-likeness (QED) is 0.389. The molecule has 0 fully saturated rings. The van der Waals surface area contributed by atoms with E-state index < -0.39 is 25.5 Å². The molecule has 0 aromatic heterocycles. The van der Waals surface area contributed by atoms with Gasteiger partial charge in [-0.1, -0.05) is 11.6 Å². The summed E-state index contributed by atoms with van der Waals surface area (Å²) in [6, 6.07) is 3.39. The molecule has 0 heterocycles. The van der Waals surface area contributed by atoms with Gasteiger partial charge < -0.3 is 0 Å². The molecule has 19 heavy (non-hydrogen) atoms. The molecule has 0 unspecified atom stereocenters. The van der Waals surface area contributed by atoms with Crippen LogP contribution in [0.2, 0.25) is 5.02 Å². The van der Waals surface area contributed by atoms with Crippen LogP contribution in [0.3, 0.4) is 0 Å². The topological polar surface area (TPSA) is 89.3 Å². The van der Waals surface area contributed by atoms with Crippen LogP contribution in [0.25, 0.3) is 0 Å². The van der Waals surface area contributed by atoms with Crippen molar-refractivity contribution < 1.29 is 13.3 Å². The maximum Gasteiger partial charge on any atom is 0.290 e. The van der Waals surface area contributed by atoms with E-state index in [4.69, 9.17) is 11.6 Å². The second-order valence-corrected chi connectivity index (χ2v) is 5.62. The van der Waals surface area contributed by atoms with E-state index >= 15 is 0 Å². The molecule has 0 atom stereocenters. The SMILES string of the molecule is CC#CCCNS(=O)(=O)c1ccc(Cl)cc1[N+](=O)[O-]. The van der Waals surface area contributed by atoms with Crippen LogP contribution >= 0.6 is 11.6 Å². The number of sulfonamides is 1. The Labute approximate surface area is 116 Å². The van der Waals surface area contributed by atoms with Crippen LogP contribution in [0.15, 0.2) is 23.1 Å². The summed E-state index contributed by atoms with van der Waals surface area (Å²) in [5, 5.41) is 10.9. The first kappa shape index (κ1) is 15.4. The van der Waals surface area contributed by atoms with E-state index in [2.05, 4.69) is 16.6 Å². The van der Waals surface area contributed by atoms with Gasteiger partial charge in [0.2, 0.25) is 10.0 Å². The maximum atomic E-state index is 11.9. The van der Waals surface area contributed by atoms with Crippen molar-refractivity contribution >= 4 is 27.3 Å². The van der Waals surface area contributed by atoms with Gasteiger partial charge in [-0.15, -0.1) is 11.8 Å². The highest BCUT2D eigenvalue weighted by Gasteiger charge is 2.25. The van der Waals surface area contributed by atoms with E-state index in [0.29, 0.717) is 6.42 Å². The van der Waals surface area contributed by atoms with Gasteiger partial charge in [0.25, 0.3) is 5.69 Å². The number of benzene rings is 1. The van der Waals surface area contributed by atoms with Crippen molar-refractivity contribution in [1.29, 1.82) is 0 Å². The fraction of sp³-hybridized carbons (Fsp3) is 0.273. The summed E-state index contributed by atoms with van der Waals surface area (Å²) < 4.78 is 26.1. The minimum atomic E-state index is -3.95. The second kappa shape index (κ2) is 6.52. The lowest BCUT2D eigenvalue weighted by Gasteiger charge is -2.06. The minimum Gasteiger partial charge on any atom is -0.258 e. The van der Waals surface area contributed by atoms with Gasteiger partial charge in [0, 0.05) is 24.1 Å². The first-order valence-electron chi connectivity index (χ1n) is 5.21. The van der Waals surface area contributed by atoms with Crippen LogP contribution in [-0.2, 0) is 10.0 Å². The van der Waals surface area contributed by atoms with E-state index in [1.54, 1.807) is 6.92 Å². The Bertz CT molecular complexity index is 646. The smallest absolute Gasteiger partial charge is 0.258 e. The maximum absolute atomic E-state index is 11.9. The third kappa shape index (κ3) is 4.21. The van der Waals surface area contributed by atoms with Crippen LogP contribution in [0, 0.1) is 22.0 Å². The fourth-order valence-electron chi connectivity index (χ4n) is 1.31. The molecule has 0 spiro atoms. The first-order chi connectivity index (χ1) is 8.88. The van der Waals surface area contributed by atoms with Crippen LogP contribution in [-0.4, -0.2) is 19.9 Å². The highest BCUT2D eigenvalue weighted by atomic mass is 35.5. The number of nitrogens with zero attached hydrogens (tertiary/aromatic N) is 1. The highest BCUT2D eigenvalue weighted by molar-refractivity contribution is 7.89. The summed E-state index contributed by atoms with van der Waals surface area (Å²) in [6.45, 7) is 1.72. The predicted octanol–water partition coefficient (Wildman–Crippen LogP) is 1.94. The Morgan fingerprint density at radius 2 is 2.16 bits per heavy atom. The molecule has 0 saturated carbocycles. The minimum absolute atomic E-state index is 0.0863. The van der Waals surface area contributed by atoms with Crippen molar-refractivity contribution in [2.75, 3.05) is 6.54 Å². The Morgan fingerprint density at radius 3 is 2.74 bits per heavy atom. The molecular formula is C11H11ClN2O4S. The lowest BCUT2D eigenvalue weighted by Crippen LogP contribution is -2.25. The molecule has 8 heteroatoms. The summed E-state index contributed by atoms with van der Waals surface area (Å²) in [5.41, 5.74) is -0.554.